The van der Waals surface area contributed by atoms with Gasteiger partial charge in [0.2, 0.25) is 5.92 Å². The first-order valence-corrected chi connectivity index (χ1v) is 9.50. The number of urea groups is 1. The number of hydrogen-bond donors (Lipinski definition) is 1. The second-order valence-electron chi connectivity index (χ2n) is 7.63. The van der Waals surface area contributed by atoms with E-state index < -0.39 is 42.8 Å². The van der Waals surface area contributed by atoms with E-state index in [1.807, 2.05) is 30.3 Å². The lowest BCUT2D eigenvalue weighted by atomic mass is 9.80. The molecule has 150 valence electrons. The summed E-state index contributed by atoms with van der Waals surface area (Å²) < 4.78 is 26.9. The van der Waals surface area contributed by atoms with Gasteiger partial charge in [-0.15, -0.1) is 0 Å². The van der Waals surface area contributed by atoms with E-state index in [0.29, 0.717) is 5.56 Å². The SMILES string of the molecule is O=C(CN1C(=O)NC2(CCC(F)(F)CC2)C1=O)c1ccc(-c2ccccc2)cc1. The number of carbonyl (C=O) groups excluding carboxylic acids is 3. The van der Waals surface area contributed by atoms with Crippen LogP contribution in [0.3, 0.4) is 0 Å². The predicted octanol–water partition coefficient (Wildman–Crippen LogP) is 4.04. The number of hydrogen-bond acceptors (Lipinski definition) is 3. The van der Waals surface area contributed by atoms with Crippen molar-refractivity contribution in [2.45, 2.75) is 37.1 Å². The standard InChI is InChI=1S/C22H20F2N2O3/c23-22(24)12-10-21(11-13-22)19(28)26(20(29)25-21)14-18(27)17-8-6-16(7-9-17)15-4-2-1-3-5-15/h1-9H,10-14H2,(H,25,29). The van der Waals surface area contributed by atoms with E-state index >= 15 is 0 Å². The molecule has 1 heterocycles. The van der Waals surface area contributed by atoms with Gasteiger partial charge in [-0.1, -0.05) is 54.6 Å². The number of ketones is 1. The molecule has 5 nitrogen and oxygen atoms in total. The fraction of sp³-hybridized carbons (Fsp3) is 0.318. The van der Waals surface area contributed by atoms with Crippen molar-refractivity contribution in [1.82, 2.24) is 10.2 Å². The molecule has 29 heavy (non-hydrogen) atoms. The Balaban J connectivity index is 1.46. The first-order chi connectivity index (χ1) is 13.8. The van der Waals surface area contributed by atoms with Crippen LogP contribution in [0.25, 0.3) is 11.1 Å². The summed E-state index contributed by atoms with van der Waals surface area (Å²) >= 11 is 0. The van der Waals surface area contributed by atoms with E-state index in [4.69, 9.17) is 0 Å². The second-order valence-corrected chi connectivity index (χ2v) is 7.63. The van der Waals surface area contributed by atoms with Gasteiger partial charge in [-0.3, -0.25) is 14.5 Å². The van der Waals surface area contributed by atoms with Crippen LogP contribution in [-0.2, 0) is 4.79 Å². The van der Waals surface area contributed by atoms with Gasteiger partial charge in [-0.25, -0.2) is 13.6 Å². The lowest BCUT2D eigenvalue weighted by Crippen LogP contribution is -2.51. The highest BCUT2D eigenvalue weighted by Gasteiger charge is 2.55. The quantitative estimate of drug-likeness (QED) is 0.625. The molecular formula is C22H20F2N2O3. The third-order valence-corrected chi connectivity index (χ3v) is 5.70. The number of rotatable bonds is 4. The summed E-state index contributed by atoms with van der Waals surface area (Å²) in [5.41, 5.74) is 1.02. The largest absolute Gasteiger partial charge is 0.325 e. The van der Waals surface area contributed by atoms with Gasteiger partial charge in [0.05, 0.1) is 6.54 Å². The van der Waals surface area contributed by atoms with Crippen LogP contribution >= 0.6 is 0 Å². The predicted molar refractivity (Wildman–Crippen MR) is 103 cm³/mol. The molecule has 0 aromatic heterocycles. The molecule has 2 aromatic rings. The van der Waals surface area contributed by atoms with Gasteiger partial charge < -0.3 is 5.32 Å². The molecule has 0 atom stereocenters. The van der Waals surface area contributed by atoms with E-state index in [9.17, 15) is 23.2 Å². The third kappa shape index (κ3) is 3.64. The Hall–Kier alpha value is -3.09. The molecule has 1 spiro atoms. The molecule has 3 amide bonds. The van der Waals surface area contributed by atoms with Crippen LogP contribution in [0, 0.1) is 0 Å². The third-order valence-electron chi connectivity index (χ3n) is 5.70. The van der Waals surface area contributed by atoms with Crippen molar-refractivity contribution in [2.24, 2.45) is 0 Å². The number of imide groups is 1. The normalized spacial score (nSPS) is 20.0. The van der Waals surface area contributed by atoms with Gasteiger partial charge in [0, 0.05) is 18.4 Å². The Bertz CT molecular complexity index is 948. The first kappa shape index (κ1) is 19.2. The molecule has 1 aliphatic heterocycles. The van der Waals surface area contributed by atoms with Gasteiger partial charge in [0.15, 0.2) is 5.78 Å². The number of nitrogens with zero attached hydrogens (tertiary/aromatic N) is 1. The van der Waals surface area contributed by atoms with Crippen LogP contribution in [0.2, 0.25) is 0 Å². The molecule has 1 N–H and O–H groups in total. The molecule has 0 bridgehead atoms. The highest BCUT2D eigenvalue weighted by Crippen LogP contribution is 2.41. The zero-order valence-electron chi connectivity index (χ0n) is 15.7. The van der Waals surface area contributed by atoms with Crippen molar-refractivity contribution < 1.29 is 23.2 Å². The topological polar surface area (TPSA) is 66.5 Å². The molecule has 0 unspecified atom stereocenters. The van der Waals surface area contributed by atoms with E-state index in [0.717, 1.165) is 16.0 Å². The molecule has 2 aromatic carbocycles. The van der Waals surface area contributed by atoms with E-state index in [1.165, 1.54) is 0 Å². The van der Waals surface area contributed by atoms with Crippen LogP contribution in [0.5, 0.6) is 0 Å². The lowest BCUT2D eigenvalue weighted by molar-refractivity contribution is -0.135. The fourth-order valence-electron chi connectivity index (χ4n) is 3.92. The summed E-state index contributed by atoms with van der Waals surface area (Å²) in [6, 6.07) is 15.9. The Labute approximate surface area is 166 Å². The molecule has 4 rings (SSSR count). The number of nitrogens with one attached hydrogen (secondary N) is 1. The van der Waals surface area contributed by atoms with Gasteiger partial charge in [0.1, 0.15) is 5.54 Å². The van der Waals surface area contributed by atoms with E-state index in [2.05, 4.69) is 5.32 Å². The number of amides is 3. The van der Waals surface area contributed by atoms with Crippen LogP contribution in [0.1, 0.15) is 36.0 Å². The maximum Gasteiger partial charge on any atom is 0.325 e. The monoisotopic (exact) mass is 398 g/mol. The zero-order valence-corrected chi connectivity index (χ0v) is 15.7. The maximum absolute atomic E-state index is 13.5. The van der Waals surface area contributed by atoms with Crippen LogP contribution in [-0.4, -0.2) is 40.6 Å². The molecule has 1 saturated carbocycles. The van der Waals surface area contributed by atoms with Crippen LogP contribution in [0.4, 0.5) is 13.6 Å². The minimum atomic E-state index is -2.82. The Morgan fingerprint density at radius 2 is 1.48 bits per heavy atom. The van der Waals surface area contributed by atoms with Gasteiger partial charge in [-0.05, 0) is 24.0 Å². The fourth-order valence-corrected chi connectivity index (χ4v) is 3.92. The Morgan fingerprint density at radius 1 is 0.897 bits per heavy atom. The van der Waals surface area contributed by atoms with Crippen molar-refractivity contribution in [3.05, 3.63) is 60.2 Å². The minimum absolute atomic E-state index is 0.124. The summed E-state index contributed by atoms with van der Waals surface area (Å²) in [7, 11) is 0. The Kier molecular flexibility index (Phi) is 4.68. The van der Waals surface area contributed by atoms with Gasteiger partial charge in [-0.2, -0.15) is 0 Å². The average Bonchev–Trinajstić information content (AvgIpc) is 2.95. The van der Waals surface area contributed by atoms with Crippen molar-refractivity contribution in [3.8, 4) is 11.1 Å². The Morgan fingerprint density at radius 3 is 2.10 bits per heavy atom. The molecule has 7 heteroatoms. The maximum atomic E-state index is 13.5. The van der Waals surface area contributed by atoms with Crippen molar-refractivity contribution >= 4 is 17.7 Å². The van der Waals surface area contributed by atoms with Gasteiger partial charge in [0.25, 0.3) is 5.91 Å². The average molecular weight is 398 g/mol. The first-order valence-electron chi connectivity index (χ1n) is 9.50. The number of halogens is 2. The minimum Gasteiger partial charge on any atom is -0.323 e. The molecular weight excluding hydrogens is 378 g/mol. The second kappa shape index (κ2) is 7.06. The smallest absolute Gasteiger partial charge is 0.323 e. The van der Waals surface area contributed by atoms with Crippen LogP contribution < -0.4 is 5.32 Å². The van der Waals surface area contributed by atoms with E-state index in [1.54, 1.807) is 24.3 Å². The number of alkyl halides is 2. The molecule has 1 saturated heterocycles. The number of benzene rings is 2. The summed E-state index contributed by atoms with van der Waals surface area (Å²) in [5, 5.41) is 2.55. The zero-order chi connectivity index (χ0) is 20.6. The number of Topliss-reactive ketones (excluding diaryl/α,β-unsaturated/α-hetero) is 1. The molecule has 1 aliphatic carbocycles. The summed E-state index contributed by atoms with van der Waals surface area (Å²) in [6.45, 7) is -0.409. The van der Waals surface area contributed by atoms with E-state index in [-0.39, 0.29) is 18.6 Å². The summed E-state index contributed by atoms with van der Waals surface area (Å²) in [6.07, 6.45) is -1.16. The summed E-state index contributed by atoms with van der Waals surface area (Å²) in [5.74, 6) is -3.79. The van der Waals surface area contributed by atoms with Crippen molar-refractivity contribution in [3.63, 3.8) is 0 Å². The van der Waals surface area contributed by atoms with Crippen LogP contribution in [0.15, 0.2) is 54.6 Å². The van der Waals surface area contributed by atoms with Crippen molar-refractivity contribution in [2.75, 3.05) is 6.54 Å². The highest BCUT2D eigenvalue weighted by molar-refractivity contribution is 6.11. The highest BCUT2D eigenvalue weighted by atomic mass is 19.3. The van der Waals surface area contributed by atoms with Gasteiger partial charge >= 0.3 is 6.03 Å². The van der Waals surface area contributed by atoms with Crippen molar-refractivity contribution in [1.29, 1.82) is 0 Å². The number of carbonyl (C=O) groups is 3. The molecule has 0 radical (unpaired) electrons. The lowest BCUT2D eigenvalue weighted by Gasteiger charge is -2.34. The molecule has 2 aliphatic rings. The summed E-state index contributed by atoms with van der Waals surface area (Å²) in [4.78, 5) is 38.5. The molecule has 2 fully saturated rings.